The molecule has 1 aliphatic carbocycles. The average molecular weight is 377 g/mol. The van der Waals surface area contributed by atoms with Crippen LogP contribution >= 0.6 is 24.0 Å². The predicted molar refractivity (Wildman–Crippen MR) is 95.4 cm³/mol. The number of hydrogen-bond donors (Lipinski definition) is 1. The van der Waals surface area contributed by atoms with Crippen LogP contribution in [0.4, 0.5) is 0 Å². The van der Waals surface area contributed by atoms with Crippen LogP contribution in [0.1, 0.15) is 38.5 Å². The fourth-order valence-corrected chi connectivity index (χ4v) is 2.26. The zero-order chi connectivity index (χ0) is 13.2. The number of guanidine groups is 1. The highest BCUT2D eigenvalue weighted by Gasteiger charge is 2.07. The van der Waals surface area contributed by atoms with Gasteiger partial charge in [0.2, 0.25) is 0 Å². The van der Waals surface area contributed by atoms with Gasteiger partial charge in [-0.05, 0) is 38.5 Å². The van der Waals surface area contributed by atoms with Crippen LogP contribution in [0.5, 0.6) is 0 Å². The lowest BCUT2D eigenvalue weighted by atomic mass is 10.2. The molecule has 3 nitrogen and oxygen atoms in total. The van der Waals surface area contributed by atoms with Crippen molar-refractivity contribution < 1.29 is 0 Å². The number of nitrogens with one attached hydrogen (secondary N) is 1. The molecule has 0 aromatic carbocycles. The lowest BCUT2D eigenvalue weighted by molar-refractivity contribution is 0.470. The van der Waals surface area contributed by atoms with Gasteiger partial charge in [-0.15, -0.1) is 30.6 Å². The second-order valence-electron chi connectivity index (χ2n) is 4.83. The predicted octanol–water partition coefficient (Wildman–Crippen LogP) is 3.58. The van der Waals surface area contributed by atoms with E-state index in [0.717, 1.165) is 38.3 Å². The van der Waals surface area contributed by atoms with E-state index in [2.05, 4.69) is 34.9 Å². The molecule has 1 aliphatic rings. The molecule has 4 heteroatoms. The van der Waals surface area contributed by atoms with E-state index in [0.29, 0.717) is 0 Å². The van der Waals surface area contributed by atoms with Crippen LogP contribution in [0.25, 0.3) is 0 Å². The molecule has 19 heavy (non-hydrogen) atoms. The van der Waals surface area contributed by atoms with Crippen molar-refractivity contribution >= 4 is 29.9 Å². The van der Waals surface area contributed by atoms with Crippen molar-refractivity contribution in [3.63, 3.8) is 0 Å². The Balaban J connectivity index is 0.00000324. The van der Waals surface area contributed by atoms with Gasteiger partial charge >= 0.3 is 0 Å². The topological polar surface area (TPSA) is 27.6 Å². The Morgan fingerprint density at radius 3 is 2.95 bits per heavy atom. The van der Waals surface area contributed by atoms with Crippen LogP contribution in [0, 0.1) is 0 Å². The smallest absolute Gasteiger partial charge is 0.193 e. The molecule has 0 saturated carbocycles. The summed E-state index contributed by atoms with van der Waals surface area (Å²) in [5.74, 6) is 0.998. The minimum Gasteiger partial charge on any atom is -0.356 e. The third kappa shape index (κ3) is 7.60. The van der Waals surface area contributed by atoms with Gasteiger partial charge in [-0.3, -0.25) is 4.99 Å². The van der Waals surface area contributed by atoms with Gasteiger partial charge in [0.1, 0.15) is 0 Å². The Morgan fingerprint density at radius 2 is 2.37 bits per heavy atom. The third-order valence-electron chi connectivity index (χ3n) is 3.34. The molecule has 0 aromatic rings. The summed E-state index contributed by atoms with van der Waals surface area (Å²) in [6, 6.07) is 0. The number of aliphatic imine (C=N–C) groups is 1. The first kappa shape index (κ1) is 18.5. The number of halogens is 1. The Hall–Kier alpha value is -0.520. The van der Waals surface area contributed by atoms with E-state index in [1.165, 1.54) is 19.3 Å². The largest absolute Gasteiger partial charge is 0.356 e. The molecule has 0 aromatic heterocycles. The van der Waals surface area contributed by atoms with Crippen LogP contribution in [0.2, 0.25) is 0 Å². The van der Waals surface area contributed by atoms with Crippen molar-refractivity contribution in [2.75, 3.05) is 27.2 Å². The first-order valence-electron chi connectivity index (χ1n) is 6.98. The maximum atomic E-state index is 4.32. The van der Waals surface area contributed by atoms with Gasteiger partial charge in [0, 0.05) is 27.2 Å². The molecule has 0 amide bonds. The average Bonchev–Trinajstić information content (AvgIpc) is 2.88. The highest BCUT2D eigenvalue weighted by molar-refractivity contribution is 14.0. The number of hydrogen-bond acceptors (Lipinski definition) is 1. The maximum absolute atomic E-state index is 4.32. The molecular formula is C15H28IN3. The Kier molecular flexibility index (Phi) is 11.0. The lowest BCUT2D eigenvalue weighted by Gasteiger charge is -2.21. The molecule has 0 spiro atoms. The van der Waals surface area contributed by atoms with Crippen LogP contribution in [-0.2, 0) is 0 Å². The third-order valence-corrected chi connectivity index (χ3v) is 3.34. The van der Waals surface area contributed by atoms with Gasteiger partial charge in [-0.2, -0.15) is 0 Å². The fourth-order valence-electron chi connectivity index (χ4n) is 2.26. The monoisotopic (exact) mass is 377 g/mol. The van der Waals surface area contributed by atoms with E-state index < -0.39 is 0 Å². The number of rotatable bonds is 7. The molecular weight excluding hydrogens is 349 g/mol. The first-order valence-corrected chi connectivity index (χ1v) is 6.98. The summed E-state index contributed by atoms with van der Waals surface area (Å²) in [6.45, 7) is 5.76. The molecule has 0 radical (unpaired) electrons. The molecule has 1 N–H and O–H groups in total. The van der Waals surface area contributed by atoms with Crippen molar-refractivity contribution in [2.24, 2.45) is 4.99 Å². The van der Waals surface area contributed by atoms with E-state index >= 15 is 0 Å². The van der Waals surface area contributed by atoms with E-state index in [-0.39, 0.29) is 24.0 Å². The Labute approximate surface area is 135 Å². The summed E-state index contributed by atoms with van der Waals surface area (Å²) >= 11 is 0. The summed E-state index contributed by atoms with van der Waals surface area (Å²) in [5.41, 5.74) is 1.60. The molecule has 0 bridgehead atoms. The normalized spacial score (nSPS) is 14.6. The highest BCUT2D eigenvalue weighted by Crippen LogP contribution is 2.19. The van der Waals surface area contributed by atoms with Crippen LogP contribution in [0.3, 0.4) is 0 Å². The van der Waals surface area contributed by atoms with Crippen molar-refractivity contribution in [1.82, 2.24) is 10.2 Å². The highest BCUT2D eigenvalue weighted by atomic mass is 127. The van der Waals surface area contributed by atoms with E-state index in [9.17, 15) is 0 Å². The molecule has 0 unspecified atom stereocenters. The van der Waals surface area contributed by atoms with Gasteiger partial charge < -0.3 is 10.2 Å². The van der Waals surface area contributed by atoms with Crippen LogP contribution < -0.4 is 5.32 Å². The van der Waals surface area contributed by atoms with Gasteiger partial charge in [0.25, 0.3) is 0 Å². The fraction of sp³-hybridized carbons (Fsp3) is 0.667. The Bertz CT molecular complexity index is 311. The van der Waals surface area contributed by atoms with Gasteiger partial charge in [-0.1, -0.05) is 17.7 Å². The van der Waals surface area contributed by atoms with Gasteiger partial charge in [0.15, 0.2) is 5.96 Å². The number of allylic oxidation sites excluding steroid dienone is 2. The van der Waals surface area contributed by atoms with E-state index in [1.54, 1.807) is 5.57 Å². The molecule has 0 fully saturated rings. The van der Waals surface area contributed by atoms with Crippen molar-refractivity contribution in [2.45, 2.75) is 38.5 Å². The standard InChI is InChI=1S/C15H27N3.HI/c1-4-5-8-13-18(3)15(16-2)17-12-11-14-9-6-7-10-14;/h4,9H,1,5-8,10-13H2,2-3H3,(H,16,17);1H. The maximum Gasteiger partial charge on any atom is 0.193 e. The summed E-state index contributed by atoms with van der Waals surface area (Å²) < 4.78 is 0. The quantitative estimate of drug-likeness (QED) is 0.242. The van der Waals surface area contributed by atoms with Crippen LogP contribution in [0.15, 0.2) is 29.3 Å². The van der Waals surface area contributed by atoms with Crippen LogP contribution in [-0.4, -0.2) is 38.0 Å². The summed E-state index contributed by atoms with van der Waals surface area (Å²) in [4.78, 5) is 6.50. The summed E-state index contributed by atoms with van der Waals surface area (Å²) in [5, 5.41) is 3.43. The molecule has 110 valence electrons. The molecule has 0 heterocycles. The zero-order valence-corrected chi connectivity index (χ0v) is 14.7. The molecule has 0 atom stereocenters. The van der Waals surface area contributed by atoms with Crippen molar-refractivity contribution in [3.8, 4) is 0 Å². The van der Waals surface area contributed by atoms with Crippen molar-refractivity contribution in [3.05, 3.63) is 24.3 Å². The second kappa shape index (κ2) is 11.3. The summed E-state index contributed by atoms with van der Waals surface area (Å²) in [7, 11) is 3.94. The lowest BCUT2D eigenvalue weighted by Crippen LogP contribution is -2.39. The SMILES string of the molecule is C=CCCCN(C)C(=NC)NCCC1=CCCC1.I. The Morgan fingerprint density at radius 1 is 1.58 bits per heavy atom. The zero-order valence-electron chi connectivity index (χ0n) is 12.3. The van der Waals surface area contributed by atoms with Gasteiger partial charge in [-0.25, -0.2) is 0 Å². The molecule has 0 saturated heterocycles. The number of nitrogens with zero attached hydrogens (tertiary/aromatic N) is 2. The first-order chi connectivity index (χ1) is 8.77. The minimum atomic E-state index is 0. The molecule has 1 rings (SSSR count). The molecule has 0 aliphatic heterocycles. The summed E-state index contributed by atoms with van der Waals surface area (Å²) in [6.07, 6.45) is 11.6. The van der Waals surface area contributed by atoms with Crippen molar-refractivity contribution in [1.29, 1.82) is 0 Å². The van der Waals surface area contributed by atoms with E-state index in [4.69, 9.17) is 0 Å². The minimum absolute atomic E-state index is 0. The van der Waals surface area contributed by atoms with Gasteiger partial charge in [0.05, 0.1) is 0 Å². The second-order valence-corrected chi connectivity index (χ2v) is 4.83. The number of unbranched alkanes of at least 4 members (excludes halogenated alkanes) is 1. The van der Waals surface area contributed by atoms with E-state index in [1.807, 2.05) is 13.1 Å².